The summed E-state index contributed by atoms with van der Waals surface area (Å²) in [6.07, 6.45) is 8.08. The van der Waals surface area contributed by atoms with Gasteiger partial charge in [0.2, 0.25) is 0 Å². The lowest BCUT2D eigenvalue weighted by Gasteiger charge is -2.04. The molecular weight excluding hydrogens is 316 g/mol. The summed E-state index contributed by atoms with van der Waals surface area (Å²) in [6.45, 7) is 5.11. The Morgan fingerprint density at radius 2 is 1.35 bits per heavy atom. The molecule has 1 nitrogen and oxygen atoms in total. The topological polar surface area (TPSA) is 9.23 Å². The molecule has 0 aliphatic carbocycles. The summed E-state index contributed by atoms with van der Waals surface area (Å²) >= 11 is 0. The maximum Gasteiger partial charge on any atom is 0.119 e. The first kappa shape index (κ1) is 19.4. The number of benzene rings is 2. The van der Waals surface area contributed by atoms with Crippen LogP contribution in [0.25, 0.3) is 0 Å². The normalized spacial score (nSPS) is 9.92. The van der Waals surface area contributed by atoms with Gasteiger partial charge in [-0.15, -0.1) is 0 Å². The van der Waals surface area contributed by atoms with Crippen LogP contribution in [0.3, 0.4) is 0 Å². The third-order valence-corrected chi connectivity index (χ3v) is 3.80. The van der Waals surface area contributed by atoms with Crippen LogP contribution in [-0.4, -0.2) is 6.61 Å². The van der Waals surface area contributed by atoms with Gasteiger partial charge in [-0.2, -0.15) is 0 Å². The first-order valence-corrected chi connectivity index (χ1v) is 9.31. The van der Waals surface area contributed by atoms with Crippen LogP contribution in [-0.2, 0) is 6.42 Å². The molecule has 0 spiro atoms. The molecular formula is C25H26O. The van der Waals surface area contributed by atoms with Crippen molar-refractivity contribution in [2.24, 2.45) is 0 Å². The van der Waals surface area contributed by atoms with Crippen LogP contribution in [0.1, 0.15) is 49.8 Å². The molecule has 0 aromatic heterocycles. The van der Waals surface area contributed by atoms with E-state index in [1.54, 1.807) is 12.2 Å². The van der Waals surface area contributed by atoms with Gasteiger partial charge >= 0.3 is 0 Å². The summed E-state index contributed by atoms with van der Waals surface area (Å²) in [6, 6.07) is 16.3. The van der Waals surface area contributed by atoms with Crippen molar-refractivity contribution in [2.75, 3.05) is 6.61 Å². The minimum Gasteiger partial charge on any atom is -0.494 e. The van der Waals surface area contributed by atoms with E-state index in [1.165, 1.54) is 12.0 Å². The Kier molecular flexibility index (Phi) is 8.68. The molecule has 0 N–H and O–H groups in total. The summed E-state index contributed by atoms with van der Waals surface area (Å²) in [5.74, 6) is 13.2. The van der Waals surface area contributed by atoms with E-state index in [1.807, 2.05) is 24.3 Å². The van der Waals surface area contributed by atoms with Crippen LogP contribution < -0.4 is 4.74 Å². The average Bonchev–Trinajstić information content (AvgIpc) is 2.67. The van der Waals surface area contributed by atoms with Crippen LogP contribution in [0.15, 0.2) is 60.7 Å². The van der Waals surface area contributed by atoms with Crippen molar-refractivity contribution in [3.8, 4) is 29.4 Å². The van der Waals surface area contributed by atoms with E-state index in [-0.39, 0.29) is 0 Å². The molecule has 0 aliphatic heterocycles. The molecule has 0 radical (unpaired) electrons. The number of unbranched alkanes of at least 4 members (excludes halogenated alkanes) is 1. The molecule has 0 bridgehead atoms. The quantitative estimate of drug-likeness (QED) is 0.478. The zero-order valence-electron chi connectivity index (χ0n) is 15.7. The van der Waals surface area contributed by atoms with Crippen molar-refractivity contribution in [3.05, 3.63) is 77.4 Å². The fraction of sp³-hybridized carbons (Fsp3) is 0.280. The highest BCUT2D eigenvalue weighted by atomic mass is 16.5. The van der Waals surface area contributed by atoms with E-state index in [0.717, 1.165) is 42.7 Å². The Hall–Kier alpha value is -2.90. The Bertz CT molecular complexity index is 803. The van der Waals surface area contributed by atoms with Crippen LogP contribution in [0.4, 0.5) is 0 Å². The molecule has 0 saturated heterocycles. The van der Waals surface area contributed by atoms with Crippen molar-refractivity contribution in [3.63, 3.8) is 0 Å². The first-order chi connectivity index (χ1) is 12.8. The smallest absolute Gasteiger partial charge is 0.119 e. The van der Waals surface area contributed by atoms with Crippen LogP contribution in [0.2, 0.25) is 0 Å². The summed E-state index contributed by atoms with van der Waals surface area (Å²) in [4.78, 5) is 0. The molecule has 0 heterocycles. The fourth-order valence-electron chi connectivity index (χ4n) is 2.35. The van der Waals surface area contributed by atoms with Crippen LogP contribution in [0, 0.1) is 23.7 Å². The van der Waals surface area contributed by atoms with Crippen molar-refractivity contribution in [1.82, 2.24) is 0 Å². The number of aryl methyl sites for hydroxylation is 1. The predicted molar refractivity (Wildman–Crippen MR) is 110 cm³/mol. The number of hydrogen-bond acceptors (Lipinski definition) is 1. The monoisotopic (exact) mass is 342 g/mol. The molecule has 0 saturated carbocycles. The van der Waals surface area contributed by atoms with E-state index < -0.39 is 0 Å². The van der Waals surface area contributed by atoms with Crippen molar-refractivity contribution in [1.29, 1.82) is 0 Å². The largest absolute Gasteiger partial charge is 0.494 e. The molecule has 132 valence electrons. The van der Waals surface area contributed by atoms with Crippen LogP contribution in [0.5, 0.6) is 5.75 Å². The SMILES string of the molecule is CCCCOc1ccc(C#C/C=C/C#Cc2ccc(CCC)cc2)cc1. The van der Waals surface area contributed by atoms with E-state index in [4.69, 9.17) is 4.74 Å². The molecule has 0 unspecified atom stereocenters. The standard InChI is InChI=1S/C25H26O/c1-3-5-21-26-25-19-17-24(18-20-25)12-9-7-6-8-11-23-15-13-22(10-4-2)14-16-23/h6-7,13-20H,3-5,10,21H2,1-2H3/b7-6+. The van der Waals surface area contributed by atoms with Gasteiger partial charge in [0.15, 0.2) is 0 Å². The van der Waals surface area contributed by atoms with Crippen molar-refractivity contribution >= 4 is 0 Å². The second-order valence-corrected chi connectivity index (χ2v) is 6.05. The molecule has 2 aromatic carbocycles. The van der Waals surface area contributed by atoms with Gasteiger partial charge in [0.05, 0.1) is 6.61 Å². The van der Waals surface area contributed by atoms with Crippen LogP contribution >= 0.6 is 0 Å². The number of allylic oxidation sites excluding steroid dienone is 2. The summed E-state index contributed by atoms with van der Waals surface area (Å²) in [5, 5.41) is 0. The lowest BCUT2D eigenvalue weighted by Crippen LogP contribution is -1.95. The fourth-order valence-corrected chi connectivity index (χ4v) is 2.35. The third-order valence-electron chi connectivity index (χ3n) is 3.80. The Labute approximate surface area is 158 Å². The molecule has 2 rings (SSSR count). The highest BCUT2D eigenvalue weighted by molar-refractivity contribution is 5.42. The lowest BCUT2D eigenvalue weighted by atomic mass is 10.1. The number of ether oxygens (including phenoxy) is 1. The highest BCUT2D eigenvalue weighted by Crippen LogP contribution is 2.12. The molecule has 0 aliphatic rings. The van der Waals surface area contributed by atoms with Gasteiger partial charge in [-0.05, 0) is 67.0 Å². The molecule has 2 aromatic rings. The zero-order valence-corrected chi connectivity index (χ0v) is 15.7. The van der Waals surface area contributed by atoms with Gasteiger partial charge in [0.25, 0.3) is 0 Å². The second kappa shape index (κ2) is 11.6. The highest BCUT2D eigenvalue weighted by Gasteiger charge is 1.93. The summed E-state index contributed by atoms with van der Waals surface area (Å²) < 4.78 is 5.64. The molecule has 1 heteroatoms. The molecule has 26 heavy (non-hydrogen) atoms. The van der Waals surface area contributed by atoms with Gasteiger partial charge in [-0.1, -0.05) is 62.5 Å². The van der Waals surface area contributed by atoms with E-state index in [2.05, 4.69) is 61.8 Å². The predicted octanol–water partition coefficient (Wildman–Crippen LogP) is 5.78. The summed E-state index contributed by atoms with van der Waals surface area (Å²) in [7, 11) is 0. The third kappa shape index (κ3) is 7.33. The van der Waals surface area contributed by atoms with E-state index in [9.17, 15) is 0 Å². The second-order valence-electron chi connectivity index (χ2n) is 6.05. The Balaban J connectivity index is 1.84. The van der Waals surface area contributed by atoms with E-state index in [0.29, 0.717) is 0 Å². The Morgan fingerprint density at radius 1 is 0.769 bits per heavy atom. The maximum atomic E-state index is 5.64. The van der Waals surface area contributed by atoms with Gasteiger partial charge in [0, 0.05) is 11.1 Å². The van der Waals surface area contributed by atoms with Crippen molar-refractivity contribution < 1.29 is 4.74 Å². The van der Waals surface area contributed by atoms with E-state index >= 15 is 0 Å². The van der Waals surface area contributed by atoms with Gasteiger partial charge in [-0.3, -0.25) is 0 Å². The minimum atomic E-state index is 0.768. The maximum absolute atomic E-state index is 5.64. The number of hydrogen-bond donors (Lipinski definition) is 0. The average molecular weight is 342 g/mol. The van der Waals surface area contributed by atoms with Gasteiger partial charge < -0.3 is 4.74 Å². The molecule has 0 fully saturated rings. The summed E-state index contributed by atoms with van der Waals surface area (Å²) in [5.41, 5.74) is 3.36. The lowest BCUT2D eigenvalue weighted by molar-refractivity contribution is 0.309. The first-order valence-electron chi connectivity index (χ1n) is 9.31. The molecule has 0 atom stereocenters. The Morgan fingerprint density at radius 3 is 1.88 bits per heavy atom. The minimum absolute atomic E-state index is 0.768. The molecule has 0 amide bonds. The van der Waals surface area contributed by atoms with Crippen molar-refractivity contribution in [2.45, 2.75) is 39.5 Å². The number of rotatable bonds is 6. The zero-order chi connectivity index (χ0) is 18.5. The van der Waals surface area contributed by atoms with Gasteiger partial charge in [-0.25, -0.2) is 0 Å². The van der Waals surface area contributed by atoms with Gasteiger partial charge in [0.1, 0.15) is 5.75 Å².